The van der Waals surface area contributed by atoms with Crippen LogP contribution in [-0.2, 0) is 9.32 Å². The number of quaternary nitrogens is 1. The Kier molecular flexibility index (Phi) is 15.6. The largest absolute Gasteiger partial charge is 0.342 e. The molecule has 0 N–H and O–H groups in total. The lowest BCUT2D eigenvalue weighted by Crippen LogP contribution is -2.45. The number of rotatable bonds is 19. The van der Waals surface area contributed by atoms with Crippen LogP contribution in [0.1, 0.15) is 110 Å². The summed E-state index contributed by atoms with van der Waals surface area (Å²) in [5, 5.41) is 0. The zero-order valence-corrected chi connectivity index (χ0v) is 21.1. The van der Waals surface area contributed by atoms with E-state index in [0.717, 1.165) is 17.4 Å². The van der Waals surface area contributed by atoms with Gasteiger partial charge in [0.2, 0.25) is 0 Å². The van der Waals surface area contributed by atoms with Crippen molar-refractivity contribution in [3.05, 3.63) is 0 Å². The number of hydrogen-bond donors (Lipinski definition) is 0. The summed E-state index contributed by atoms with van der Waals surface area (Å²) in [6.45, 7) is 3.10. The summed E-state index contributed by atoms with van der Waals surface area (Å²) in [6.07, 6.45) is 23.1. The van der Waals surface area contributed by atoms with Gasteiger partial charge in [-0.05, 0) is 31.6 Å². The summed E-state index contributed by atoms with van der Waals surface area (Å²) in [5.41, 5.74) is 0. The molecule has 1 fully saturated rings. The molecule has 172 valence electrons. The second-order valence-corrected chi connectivity index (χ2v) is 12.2. The molecule has 0 aromatic rings. The summed E-state index contributed by atoms with van der Waals surface area (Å²) in [4.78, 5) is 12.8. The molecule has 0 radical (unpaired) electrons. The van der Waals surface area contributed by atoms with E-state index in [1.165, 1.54) is 102 Å². The van der Waals surface area contributed by atoms with Gasteiger partial charge in [0.15, 0.2) is 11.9 Å². The van der Waals surface area contributed by atoms with Crippen molar-refractivity contribution in [3.8, 4) is 0 Å². The molecule has 0 amide bonds. The Morgan fingerprint density at radius 1 is 0.793 bits per heavy atom. The SMILES string of the molecule is CCCCCCCCCCCCCCCC(=O)C(C[N+](C)(C)C)OP1CCCC1. The molecule has 1 unspecified atom stereocenters. The molecule has 1 saturated heterocycles. The lowest BCUT2D eigenvalue weighted by atomic mass is 10.0. The van der Waals surface area contributed by atoms with Crippen LogP contribution in [0.5, 0.6) is 0 Å². The molecule has 0 saturated carbocycles. The zero-order valence-electron chi connectivity index (χ0n) is 20.2. The van der Waals surface area contributed by atoms with E-state index in [1.54, 1.807) is 0 Å². The molecule has 1 rings (SSSR count). The standard InChI is InChI=1S/C25H51NO2P/c1-5-6-7-8-9-10-11-12-13-14-15-16-17-20-24(27)25(23-26(2,3)4)28-29-21-18-19-22-29/h25H,5-23H2,1-4H3/q+1. The molecular weight excluding hydrogens is 377 g/mol. The smallest absolute Gasteiger partial charge is 0.168 e. The molecule has 0 aromatic carbocycles. The first-order valence-corrected chi connectivity index (χ1v) is 14.3. The van der Waals surface area contributed by atoms with Crippen LogP contribution in [0.4, 0.5) is 0 Å². The lowest BCUT2D eigenvalue weighted by molar-refractivity contribution is -0.872. The molecule has 1 heterocycles. The van der Waals surface area contributed by atoms with E-state index < -0.39 is 0 Å². The fourth-order valence-electron chi connectivity index (χ4n) is 4.14. The Bertz CT molecular complexity index is 402. The van der Waals surface area contributed by atoms with Crippen molar-refractivity contribution >= 4 is 13.9 Å². The number of carbonyl (C=O) groups excluding carboxylic acids is 1. The van der Waals surface area contributed by atoms with Crippen molar-refractivity contribution in [2.45, 2.75) is 116 Å². The topological polar surface area (TPSA) is 26.3 Å². The third-order valence-corrected chi connectivity index (χ3v) is 8.12. The van der Waals surface area contributed by atoms with E-state index in [9.17, 15) is 4.79 Å². The Morgan fingerprint density at radius 3 is 1.69 bits per heavy atom. The third-order valence-electron chi connectivity index (χ3n) is 5.94. The maximum atomic E-state index is 12.8. The normalized spacial score (nSPS) is 16.4. The average Bonchev–Trinajstić information content (AvgIpc) is 3.17. The second kappa shape index (κ2) is 16.7. The molecule has 0 spiro atoms. The van der Waals surface area contributed by atoms with Crippen LogP contribution < -0.4 is 0 Å². The molecule has 0 aliphatic carbocycles. The minimum absolute atomic E-state index is 0.170. The number of nitrogens with zero attached hydrogens (tertiary/aromatic N) is 1. The first kappa shape index (κ1) is 27.1. The summed E-state index contributed by atoms with van der Waals surface area (Å²) in [7, 11) is 6.15. The molecule has 29 heavy (non-hydrogen) atoms. The molecule has 1 aliphatic rings. The minimum Gasteiger partial charge on any atom is -0.342 e. The highest BCUT2D eigenvalue weighted by Gasteiger charge is 2.29. The summed E-state index contributed by atoms with van der Waals surface area (Å²) >= 11 is 0. The van der Waals surface area contributed by atoms with Gasteiger partial charge in [0.1, 0.15) is 6.54 Å². The first-order chi connectivity index (χ1) is 13.9. The molecule has 1 aliphatic heterocycles. The predicted molar refractivity (Wildman–Crippen MR) is 129 cm³/mol. The maximum absolute atomic E-state index is 12.8. The lowest BCUT2D eigenvalue weighted by Gasteiger charge is -2.30. The van der Waals surface area contributed by atoms with Crippen molar-refractivity contribution in [1.82, 2.24) is 0 Å². The molecule has 0 bridgehead atoms. The summed E-state index contributed by atoms with van der Waals surface area (Å²) < 4.78 is 7.12. The van der Waals surface area contributed by atoms with Crippen molar-refractivity contribution in [2.75, 3.05) is 40.0 Å². The van der Waals surface area contributed by atoms with E-state index in [0.29, 0.717) is 12.2 Å². The van der Waals surface area contributed by atoms with Gasteiger partial charge in [-0.25, -0.2) is 0 Å². The summed E-state index contributed by atoms with van der Waals surface area (Å²) in [5.74, 6) is 0.357. The first-order valence-electron chi connectivity index (χ1n) is 12.7. The van der Waals surface area contributed by atoms with E-state index >= 15 is 0 Å². The van der Waals surface area contributed by atoms with E-state index in [1.807, 2.05) is 0 Å². The number of carbonyl (C=O) groups is 1. The van der Waals surface area contributed by atoms with E-state index in [4.69, 9.17) is 4.52 Å². The Labute approximate surface area is 183 Å². The number of hydrogen-bond acceptors (Lipinski definition) is 2. The van der Waals surface area contributed by atoms with Crippen LogP contribution in [0, 0.1) is 0 Å². The molecule has 1 atom stereocenters. The van der Waals surface area contributed by atoms with Crippen molar-refractivity contribution in [3.63, 3.8) is 0 Å². The minimum atomic E-state index is -0.338. The van der Waals surface area contributed by atoms with Gasteiger partial charge >= 0.3 is 0 Å². The molecule has 0 aromatic heterocycles. The van der Waals surface area contributed by atoms with Gasteiger partial charge < -0.3 is 9.01 Å². The third kappa shape index (κ3) is 15.5. The van der Waals surface area contributed by atoms with Crippen molar-refractivity contribution in [2.24, 2.45) is 0 Å². The maximum Gasteiger partial charge on any atom is 0.168 e. The Morgan fingerprint density at radius 2 is 1.24 bits per heavy atom. The van der Waals surface area contributed by atoms with Crippen molar-refractivity contribution < 1.29 is 13.8 Å². The van der Waals surface area contributed by atoms with E-state index in [2.05, 4.69) is 28.1 Å². The number of Topliss-reactive ketones (excluding diaryl/α,β-unsaturated/α-hetero) is 1. The predicted octanol–water partition coefficient (Wildman–Crippen LogP) is 7.32. The molecule has 3 nitrogen and oxygen atoms in total. The van der Waals surface area contributed by atoms with Gasteiger partial charge in [-0.2, -0.15) is 0 Å². The van der Waals surface area contributed by atoms with Gasteiger partial charge in [0.25, 0.3) is 0 Å². The number of likely N-dealkylation sites (N-methyl/N-ethyl adjacent to an activating group) is 1. The Balaban J connectivity index is 2.05. The summed E-state index contributed by atoms with van der Waals surface area (Å²) in [6, 6.07) is 0. The highest BCUT2D eigenvalue weighted by Crippen LogP contribution is 2.45. The van der Waals surface area contributed by atoms with Crippen LogP contribution >= 0.6 is 8.15 Å². The zero-order chi connectivity index (χ0) is 21.4. The van der Waals surface area contributed by atoms with Gasteiger partial charge in [-0.3, -0.25) is 4.79 Å². The number of unbranched alkanes of at least 4 members (excludes halogenated alkanes) is 12. The van der Waals surface area contributed by atoms with Crippen molar-refractivity contribution in [1.29, 1.82) is 0 Å². The van der Waals surface area contributed by atoms with Crippen LogP contribution in [0.25, 0.3) is 0 Å². The molecular formula is C25H51NO2P+. The fraction of sp³-hybridized carbons (Fsp3) is 0.960. The molecule has 4 heteroatoms. The van der Waals surface area contributed by atoms with Gasteiger partial charge in [0.05, 0.1) is 21.1 Å². The number of ketones is 1. The van der Waals surface area contributed by atoms with Crippen LogP contribution in [0.15, 0.2) is 0 Å². The van der Waals surface area contributed by atoms with Crippen LogP contribution in [0.2, 0.25) is 0 Å². The second-order valence-electron chi connectivity index (χ2n) is 10.2. The van der Waals surface area contributed by atoms with Crippen LogP contribution in [0.3, 0.4) is 0 Å². The van der Waals surface area contributed by atoms with Crippen LogP contribution in [-0.4, -0.2) is 56.4 Å². The fourth-order valence-corrected chi connectivity index (χ4v) is 6.27. The highest BCUT2D eigenvalue weighted by molar-refractivity contribution is 7.52. The Hall–Kier alpha value is 0.0200. The monoisotopic (exact) mass is 428 g/mol. The highest BCUT2D eigenvalue weighted by atomic mass is 31.1. The quantitative estimate of drug-likeness (QED) is 0.122. The van der Waals surface area contributed by atoms with Gasteiger partial charge in [-0.1, -0.05) is 84.0 Å². The average molecular weight is 429 g/mol. The van der Waals surface area contributed by atoms with E-state index in [-0.39, 0.29) is 14.3 Å². The van der Waals surface area contributed by atoms with Gasteiger partial charge in [0, 0.05) is 14.6 Å². The van der Waals surface area contributed by atoms with Gasteiger partial charge in [-0.15, -0.1) is 0 Å².